The number of aromatic nitrogens is 1. The van der Waals surface area contributed by atoms with E-state index >= 15 is 0 Å². The van der Waals surface area contributed by atoms with Gasteiger partial charge in [-0.2, -0.15) is 4.98 Å². The highest BCUT2D eigenvalue weighted by Gasteiger charge is 2.09. The summed E-state index contributed by atoms with van der Waals surface area (Å²) in [6, 6.07) is 3.10. The van der Waals surface area contributed by atoms with Gasteiger partial charge in [-0.05, 0) is 12.1 Å². The van der Waals surface area contributed by atoms with E-state index in [9.17, 15) is 9.59 Å². The summed E-state index contributed by atoms with van der Waals surface area (Å²) >= 11 is 5.79. The van der Waals surface area contributed by atoms with Crippen molar-refractivity contribution < 1.29 is 19.1 Å². The van der Waals surface area contributed by atoms with Gasteiger partial charge in [0.25, 0.3) is 0 Å². The minimum atomic E-state index is -0.438. The highest BCUT2D eigenvalue weighted by molar-refractivity contribution is 6.31. The van der Waals surface area contributed by atoms with Crippen LogP contribution >= 0.6 is 11.6 Å². The zero-order chi connectivity index (χ0) is 13.5. The van der Waals surface area contributed by atoms with Crippen LogP contribution in [-0.2, 0) is 14.3 Å². The Morgan fingerprint density at radius 1 is 1.33 bits per heavy atom. The minimum absolute atomic E-state index is 0.0209. The van der Waals surface area contributed by atoms with Gasteiger partial charge >= 0.3 is 5.97 Å². The molecule has 0 aliphatic rings. The van der Waals surface area contributed by atoms with Crippen LogP contribution in [0.25, 0.3) is 0 Å². The lowest BCUT2D eigenvalue weighted by Gasteiger charge is -2.06. The number of esters is 1. The Morgan fingerprint density at radius 2 is 2.06 bits per heavy atom. The number of carbonyl (C=O) groups is 2. The molecule has 98 valence electrons. The molecule has 0 radical (unpaired) electrons. The van der Waals surface area contributed by atoms with Gasteiger partial charge in [-0.1, -0.05) is 11.6 Å². The lowest BCUT2D eigenvalue weighted by molar-refractivity contribution is -0.141. The summed E-state index contributed by atoms with van der Waals surface area (Å²) in [5.74, 6) is -0.238. The normalized spacial score (nSPS) is 9.72. The predicted octanol–water partition coefficient (Wildman–Crippen LogP) is 1.64. The third-order valence-electron chi connectivity index (χ3n) is 2.06. The first-order valence-corrected chi connectivity index (χ1v) is 5.51. The van der Waals surface area contributed by atoms with Gasteiger partial charge in [0.15, 0.2) is 0 Å². The van der Waals surface area contributed by atoms with Crippen LogP contribution in [0.1, 0.15) is 12.8 Å². The number of halogens is 1. The summed E-state index contributed by atoms with van der Waals surface area (Å²) in [5.41, 5.74) is 0. The molecular formula is C11H13ClN2O4. The number of anilines is 1. The van der Waals surface area contributed by atoms with Crippen LogP contribution < -0.4 is 10.1 Å². The van der Waals surface area contributed by atoms with Crippen molar-refractivity contribution in [3.8, 4) is 5.88 Å². The molecule has 0 atom stereocenters. The standard InChI is InChI=1S/C11H13ClN2O4/c1-17-10(16)6-5-9(15)13-8-4-3-7(12)11(14-8)18-2/h3-4H,5-6H2,1-2H3,(H,13,14,15). The first kappa shape index (κ1) is 14.2. The molecule has 0 aromatic carbocycles. The number of hydrogen-bond donors (Lipinski definition) is 1. The molecule has 1 aromatic heterocycles. The third kappa shape index (κ3) is 4.21. The molecule has 18 heavy (non-hydrogen) atoms. The summed E-state index contributed by atoms with van der Waals surface area (Å²) in [6.07, 6.45) is 0.0480. The number of nitrogens with one attached hydrogen (secondary N) is 1. The number of hydrogen-bond acceptors (Lipinski definition) is 5. The summed E-state index contributed by atoms with van der Waals surface area (Å²) < 4.78 is 9.35. The lowest BCUT2D eigenvalue weighted by atomic mass is 10.3. The molecule has 6 nitrogen and oxygen atoms in total. The number of methoxy groups -OCH3 is 2. The van der Waals surface area contributed by atoms with Crippen LogP contribution in [0.4, 0.5) is 5.82 Å². The van der Waals surface area contributed by atoms with Gasteiger partial charge in [0, 0.05) is 6.42 Å². The van der Waals surface area contributed by atoms with E-state index in [2.05, 4.69) is 15.0 Å². The molecule has 0 unspecified atom stereocenters. The molecule has 1 aromatic rings. The summed E-state index contributed by atoms with van der Waals surface area (Å²) in [7, 11) is 2.70. The molecule has 1 heterocycles. The quantitative estimate of drug-likeness (QED) is 0.825. The van der Waals surface area contributed by atoms with E-state index in [0.29, 0.717) is 10.8 Å². The van der Waals surface area contributed by atoms with E-state index in [0.717, 1.165) is 0 Å². The number of ether oxygens (including phenoxy) is 2. The van der Waals surface area contributed by atoms with Crippen molar-refractivity contribution in [2.45, 2.75) is 12.8 Å². The van der Waals surface area contributed by atoms with Crippen LogP contribution in [0, 0.1) is 0 Å². The number of rotatable bonds is 5. The van der Waals surface area contributed by atoms with E-state index in [-0.39, 0.29) is 24.6 Å². The molecule has 0 fully saturated rings. The minimum Gasteiger partial charge on any atom is -0.480 e. The average Bonchev–Trinajstić information content (AvgIpc) is 2.38. The van der Waals surface area contributed by atoms with Crippen molar-refractivity contribution in [3.63, 3.8) is 0 Å². The molecule has 0 aliphatic heterocycles. The van der Waals surface area contributed by atoms with Crippen molar-refractivity contribution in [2.24, 2.45) is 0 Å². The Morgan fingerprint density at radius 3 is 2.67 bits per heavy atom. The maximum Gasteiger partial charge on any atom is 0.306 e. The third-order valence-corrected chi connectivity index (χ3v) is 2.35. The monoisotopic (exact) mass is 272 g/mol. The number of pyridine rings is 1. The molecule has 1 rings (SSSR count). The fourth-order valence-corrected chi connectivity index (χ4v) is 1.34. The van der Waals surface area contributed by atoms with Crippen molar-refractivity contribution >= 4 is 29.3 Å². The summed E-state index contributed by atoms with van der Waals surface area (Å²) in [6.45, 7) is 0. The van der Waals surface area contributed by atoms with Crippen LogP contribution in [0.15, 0.2) is 12.1 Å². The van der Waals surface area contributed by atoms with Gasteiger partial charge in [0.1, 0.15) is 10.8 Å². The van der Waals surface area contributed by atoms with Crippen molar-refractivity contribution in [1.29, 1.82) is 0 Å². The van der Waals surface area contributed by atoms with Crippen molar-refractivity contribution in [3.05, 3.63) is 17.2 Å². The molecule has 0 saturated heterocycles. The Labute approximate surface area is 109 Å². The average molecular weight is 273 g/mol. The van der Waals surface area contributed by atoms with Crippen LogP contribution in [-0.4, -0.2) is 31.1 Å². The first-order chi connectivity index (χ1) is 8.56. The molecule has 1 N–H and O–H groups in total. The molecule has 0 aliphatic carbocycles. The predicted molar refractivity (Wildman–Crippen MR) is 65.7 cm³/mol. The highest BCUT2D eigenvalue weighted by Crippen LogP contribution is 2.23. The van der Waals surface area contributed by atoms with Crippen LogP contribution in [0.2, 0.25) is 5.02 Å². The van der Waals surface area contributed by atoms with Gasteiger partial charge in [0.2, 0.25) is 11.8 Å². The topological polar surface area (TPSA) is 77.5 Å². The highest BCUT2D eigenvalue weighted by atomic mass is 35.5. The van der Waals surface area contributed by atoms with Gasteiger partial charge in [-0.15, -0.1) is 0 Å². The van der Waals surface area contributed by atoms with Crippen molar-refractivity contribution in [1.82, 2.24) is 4.98 Å². The Balaban J connectivity index is 2.56. The van der Waals surface area contributed by atoms with Crippen molar-refractivity contribution in [2.75, 3.05) is 19.5 Å². The van der Waals surface area contributed by atoms with E-state index in [4.69, 9.17) is 16.3 Å². The van der Waals surface area contributed by atoms with E-state index in [1.807, 2.05) is 0 Å². The van der Waals surface area contributed by atoms with Crippen LogP contribution in [0.3, 0.4) is 0 Å². The van der Waals surface area contributed by atoms with Gasteiger partial charge in [0.05, 0.1) is 20.6 Å². The number of nitrogens with zero attached hydrogens (tertiary/aromatic N) is 1. The zero-order valence-corrected chi connectivity index (χ0v) is 10.8. The van der Waals surface area contributed by atoms with Crippen LogP contribution in [0.5, 0.6) is 5.88 Å². The molecular weight excluding hydrogens is 260 g/mol. The van der Waals surface area contributed by atoms with E-state index in [1.165, 1.54) is 14.2 Å². The molecule has 7 heteroatoms. The van der Waals surface area contributed by atoms with Gasteiger partial charge in [-0.3, -0.25) is 9.59 Å². The SMILES string of the molecule is COC(=O)CCC(=O)Nc1ccc(Cl)c(OC)n1. The fraction of sp³-hybridized carbons (Fsp3) is 0.364. The molecule has 0 spiro atoms. The number of amides is 1. The second-order valence-corrected chi connectivity index (χ2v) is 3.72. The molecule has 1 amide bonds. The van der Waals surface area contributed by atoms with Gasteiger partial charge in [-0.25, -0.2) is 0 Å². The summed E-state index contributed by atoms with van der Waals surface area (Å²) in [4.78, 5) is 26.3. The maximum absolute atomic E-state index is 11.5. The Bertz CT molecular complexity index is 451. The van der Waals surface area contributed by atoms with E-state index in [1.54, 1.807) is 12.1 Å². The smallest absolute Gasteiger partial charge is 0.306 e. The second-order valence-electron chi connectivity index (χ2n) is 3.31. The molecule has 0 saturated carbocycles. The fourth-order valence-electron chi connectivity index (χ4n) is 1.16. The largest absolute Gasteiger partial charge is 0.480 e. The Kier molecular flexibility index (Phi) is 5.38. The summed E-state index contributed by atoms with van der Waals surface area (Å²) in [5, 5.41) is 2.88. The first-order valence-electron chi connectivity index (χ1n) is 5.14. The number of carbonyl (C=O) groups excluding carboxylic acids is 2. The van der Waals surface area contributed by atoms with E-state index < -0.39 is 5.97 Å². The Hall–Kier alpha value is -1.82. The van der Waals surface area contributed by atoms with Gasteiger partial charge < -0.3 is 14.8 Å². The molecule has 0 bridgehead atoms. The lowest BCUT2D eigenvalue weighted by Crippen LogP contribution is -2.14. The maximum atomic E-state index is 11.5. The zero-order valence-electron chi connectivity index (χ0n) is 10.0. The second kappa shape index (κ2) is 6.80.